The van der Waals surface area contributed by atoms with Gasteiger partial charge in [-0.3, -0.25) is 9.59 Å². The normalized spacial score (nSPS) is 16.4. The first-order valence-electron chi connectivity index (χ1n) is 7.58. The van der Waals surface area contributed by atoms with E-state index in [2.05, 4.69) is 6.92 Å². The van der Waals surface area contributed by atoms with Crippen molar-refractivity contribution in [3.05, 3.63) is 0 Å². The summed E-state index contributed by atoms with van der Waals surface area (Å²) in [6.45, 7) is 9.59. The molecule has 2 N–H and O–H groups in total. The molecule has 0 aliphatic rings. The highest BCUT2D eigenvalue weighted by molar-refractivity contribution is 5.77. The Morgan fingerprint density at radius 1 is 1.05 bits per heavy atom. The molecule has 0 aromatic heterocycles. The van der Waals surface area contributed by atoms with Gasteiger partial charge in [-0.25, -0.2) is 0 Å². The predicted molar refractivity (Wildman–Crippen MR) is 79.7 cm³/mol. The lowest BCUT2D eigenvalue weighted by atomic mass is 9.60. The molecule has 0 bridgehead atoms. The molecule has 4 nitrogen and oxygen atoms in total. The first-order chi connectivity index (χ1) is 9.12. The van der Waals surface area contributed by atoms with E-state index in [9.17, 15) is 19.8 Å². The highest BCUT2D eigenvalue weighted by atomic mass is 16.4. The van der Waals surface area contributed by atoms with Gasteiger partial charge < -0.3 is 10.2 Å². The van der Waals surface area contributed by atoms with Crippen LogP contribution in [-0.2, 0) is 9.59 Å². The molecular weight excluding hydrogens is 256 g/mol. The fraction of sp³-hybridized carbons (Fsp3) is 0.875. The van der Waals surface area contributed by atoms with E-state index < -0.39 is 28.7 Å². The second-order valence-electron chi connectivity index (χ2n) is 6.74. The molecule has 0 fully saturated rings. The third-order valence-electron chi connectivity index (χ3n) is 4.49. The third kappa shape index (κ3) is 4.50. The van der Waals surface area contributed by atoms with E-state index in [0.717, 1.165) is 19.3 Å². The lowest BCUT2D eigenvalue weighted by Gasteiger charge is -2.43. The summed E-state index contributed by atoms with van der Waals surface area (Å²) in [5, 5.41) is 19.1. The predicted octanol–water partition coefficient (Wildman–Crippen LogP) is 4.18. The van der Waals surface area contributed by atoms with Gasteiger partial charge in [0.2, 0.25) is 0 Å². The van der Waals surface area contributed by atoms with E-state index in [4.69, 9.17) is 0 Å². The molecule has 0 aromatic rings. The van der Waals surface area contributed by atoms with E-state index in [-0.39, 0.29) is 6.42 Å². The number of carboxylic acids is 2. The molecule has 0 aliphatic heterocycles. The minimum atomic E-state index is -0.971. The third-order valence-corrected chi connectivity index (χ3v) is 4.49. The number of rotatable bonds is 9. The SMILES string of the molecule is CCCCCC(CC(CC)C(=O)O)(C(=O)O)C(C)(C)C. The number of hydrogen-bond donors (Lipinski definition) is 2. The summed E-state index contributed by atoms with van der Waals surface area (Å²) >= 11 is 0. The molecule has 0 spiro atoms. The summed E-state index contributed by atoms with van der Waals surface area (Å²) in [6.07, 6.45) is 4.06. The van der Waals surface area contributed by atoms with E-state index >= 15 is 0 Å². The van der Waals surface area contributed by atoms with Crippen LogP contribution in [0.25, 0.3) is 0 Å². The molecule has 4 heteroatoms. The van der Waals surface area contributed by atoms with Gasteiger partial charge in [-0.2, -0.15) is 0 Å². The Morgan fingerprint density at radius 2 is 1.60 bits per heavy atom. The number of hydrogen-bond acceptors (Lipinski definition) is 2. The fourth-order valence-electron chi connectivity index (χ4n) is 2.80. The van der Waals surface area contributed by atoms with Gasteiger partial charge in [0.25, 0.3) is 0 Å². The van der Waals surface area contributed by atoms with E-state index in [0.29, 0.717) is 12.8 Å². The number of carboxylic acid groups (broad SMARTS) is 2. The molecular formula is C16H30O4. The van der Waals surface area contributed by atoms with Gasteiger partial charge in [0.15, 0.2) is 0 Å². The average molecular weight is 286 g/mol. The summed E-state index contributed by atoms with van der Waals surface area (Å²) in [5.74, 6) is -2.34. The number of carbonyl (C=O) groups is 2. The maximum Gasteiger partial charge on any atom is 0.310 e. The van der Waals surface area contributed by atoms with Crippen molar-refractivity contribution < 1.29 is 19.8 Å². The van der Waals surface area contributed by atoms with Crippen LogP contribution in [0.5, 0.6) is 0 Å². The zero-order chi connectivity index (χ0) is 16.0. The monoisotopic (exact) mass is 286 g/mol. The Bertz CT molecular complexity index is 330. The topological polar surface area (TPSA) is 74.6 Å². The lowest BCUT2D eigenvalue weighted by Crippen LogP contribution is -2.45. The van der Waals surface area contributed by atoms with Crippen molar-refractivity contribution in [3.8, 4) is 0 Å². The summed E-state index contributed by atoms with van der Waals surface area (Å²) in [4.78, 5) is 23.2. The van der Waals surface area contributed by atoms with Gasteiger partial charge in [0, 0.05) is 0 Å². The molecule has 0 saturated heterocycles. The Kier molecular flexibility index (Phi) is 7.25. The molecule has 0 saturated carbocycles. The van der Waals surface area contributed by atoms with Crippen molar-refractivity contribution in [3.63, 3.8) is 0 Å². The Hall–Kier alpha value is -1.06. The summed E-state index contributed by atoms with van der Waals surface area (Å²) in [5.41, 5.74) is -1.43. The van der Waals surface area contributed by atoms with Gasteiger partial charge in [0.1, 0.15) is 0 Å². The van der Waals surface area contributed by atoms with Gasteiger partial charge in [-0.1, -0.05) is 53.9 Å². The standard InChI is InChI=1S/C16H30O4/c1-6-8-9-10-16(14(19)20,15(3,4)5)11-12(7-2)13(17)18/h12H,6-11H2,1-5H3,(H,17,18)(H,19,20). The minimum absolute atomic E-state index is 0.210. The second kappa shape index (κ2) is 7.65. The van der Waals surface area contributed by atoms with E-state index in [1.807, 2.05) is 20.8 Å². The van der Waals surface area contributed by atoms with Gasteiger partial charge in [-0.05, 0) is 24.7 Å². The van der Waals surface area contributed by atoms with Crippen LogP contribution < -0.4 is 0 Å². The second-order valence-corrected chi connectivity index (χ2v) is 6.74. The number of unbranched alkanes of at least 4 members (excludes halogenated alkanes) is 2. The quantitative estimate of drug-likeness (QED) is 0.623. The van der Waals surface area contributed by atoms with Crippen LogP contribution in [0.1, 0.15) is 73.1 Å². The first kappa shape index (κ1) is 18.9. The van der Waals surface area contributed by atoms with Crippen LogP contribution >= 0.6 is 0 Å². The van der Waals surface area contributed by atoms with Crippen LogP contribution in [-0.4, -0.2) is 22.2 Å². The Labute approximate surface area is 122 Å². The molecule has 118 valence electrons. The molecule has 0 rings (SSSR count). The van der Waals surface area contributed by atoms with Gasteiger partial charge in [-0.15, -0.1) is 0 Å². The first-order valence-corrected chi connectivity index (χ1v) is 7.58. The van der Waals surface area contributed by atoms with E-state index in [1.54, 1.807) is 6.92 Å². The Morgan fingerprint density at radius 3 is 1.90 bits per heavy atom. The zero-order valence-corrected chi connectivity index (χ0v) is 13.5. The fourth-order valence-corrected chi connectivity index (χ4v) is 2.80. The van der Waals surface area contributed by atoms with Crippen molar-refractivity contribution >= 4 is 11.9 Å². The molecule has 0 aromatic carbocycles. The van der Waals surface area contributed by atoms with Crippen LogP contribution in [0.3, 0.4) is 0 Å². The van der Waals surface area contributed by atoms with E-state index in [1.165, 1.54) is 0 Å². The molecule has 0 amide bonds. The molecule has 2 atom stereocenters. The van der Waals surface area contributed by atoms with Crippen molar-refractivity contribution in [2.75, 3.05) is 0 Å². The van der Waals surface area contributed by atoms with Gasteiger partial charge in [0.05, 0.1) is 11.3 Å². The maximum atomic E-state index is 11.9. The van der Waals surface area contributed by atoms with Crippen molar-refractivity contribution in [2.24, 2.45) is 16.7 Å². The smallest absolute Gasteiger partial charge is 0.310 e. The molecule has 0 heterocycles. The zero-order valence-electron chi connectivity index (χ0n) is 13.5. The lowest BCUT2D eigenvalue weighted by molar-refractivity contribution is -0.161. The average Bonchev–Trinajstić information content (AvgIpc) is 2.31. The van der Waals surface area contributed by atoms with Crippen molar-refractivity contribution in [2.45, 2.75) is 73.1 Å². The summed E-state index contributed by atoms with van der Waals surface area (Å²) < 4.78 is 0. The molecule has 0 aliphatic carbocycles. The summed E-state index contributed by atoms with van der Waals surface area (Å²) in [6, 6.07) is 0. The molecule has 2 unspecified atom stereocenters. The summed E-state index contributed by atoms with van der Waals surface area (Å²) in [7, 11) is 0. The van der Waals surface area contributed by atoms with Crippen LogP contribution in [0.2, 0.25) is 0 Å². The molecule has 0 radical (unpaired) electrons. The maximum absolute atomic E-state index is 11.9. The van der Waals surface area contributed by atoms with Crippen molar-refractivity contribution in [1.82, 2.24) is 0 Å². The highest BCUT2D eigenvalue weighted by Gasteiger charge is 2.49. The van der Waals surface area contributed by atoms with Crippen LogP contribution in [0.15, 0.2) is 0 Å². The molecule has 20 heavy (non-hydrogen) atoms. The Balaban J connectivity index is 5.40. The minimum Gasteiger partial charge on any atom is -0.481 e. The highest BCUT2D eigenvalue weighted by Crippen LogP contribution is 2.48. The van der Waals surface area contributed by atoms with Crippen LogP contribution in [0, 0.1) is 16.7 Å². The van der Waals surface area contributed by atoms with Gasteiger partial charge >= 0.3 is 11.9 Å². The largest absolute Gasteiger partial charge is 0.481 e. The van der Waals surface area contributed by atoms with Crippen LogP contribution in [0.4, 0.5) is 0 Å². The number of aliphatic carboxylic acids is 2. The van der Waals surface area contributed by atoms with Crippen molar-refractivity contribution in [1.29, 1.82) is 0 Å².